The van der Waals surface area contributed by atoms with Gasteiger partial charge in [-0.3, -0.25) is 0 Å². The first-order chi connectivity index (χ1) is 8.58. The predicted octanol–water partition coefficient (Wildman–Crippen LogP) is 5.36. The Morgan fingerprint density at radius 1 is 1.28 bits per heavy atom. The third-order valence-electron chi connectivity index (χ3n) is 3.68. The van der Waals surface area contributed by atoms with Gasteiger partial charge in [0.2, 0.25) is 0 Å². The second-order valence-electron chi connectivity index (χ2n) is 5.28. The van der Waals surface area contributed by atoms with Crippen LogP contribution in [0.3, 0.4) is 0 Å². The van der Waals surface area contributed by atoms with Crippen LogP contribution in [0.15, 0.2) is 22.7 Å². The van der Waals surface area contributed by atoms with Crippen LogP contribution in [0.25, 0.3) is 0 Å². The molecule has 0 radical (unpaired) electrons. The molecule has 2 atom stereocenters. The third kappa shape index (κ3) is 4.74. The fourth-order valence-electron chi connectivity index (χ4n) is 2.41. The SMILES string of the molecule is CCCCC(CC)CC(N)c1cc(C)ccc1Br. The van der Waals surface area contributed by atoms with E-state index in [-0.39, 0.29) is 6.04 Å². The zero-order valence-electron chi connectivity index (χ0n) is 11.9. The van der Waals surface area contributed by atoms with Crippen LogP contribution in [0.4, 0.5) is 0 Å². The molecule has 0 fully saturated rings. The van der Waals surface area contributed by atoms with Crippen LogP contribution >= 0.6 is 15.9 Å². The lowest BCUT2D eigenvalue weighted by molar-refractivity contribution is 0.388. The van der Waals surface area contributed by atoms with Gasteiger partial charge < -0.3 is 5.73 Å². The third-order valence-corrected chi connectivity index (χ3v) is 4.40. The van der Waals surface area contributed by atoms with E-state index >= 15 is 0 Å². The fourth-order valence-corrected chi connectivity index (χ4v) is 2.96. The van der Waals surface area contributed by atoms with Crippen LogP contribution in [0, 0.1) is 12.8 Å². The lowest BCUT2D eigenvalue weighted by atomic mass is 9.89. The molecule has 1 rings (SSSR count). The molecule has 102 valence electrons. The van der Waals surface area contributed by atoms with Crippen molar-refractivity contribution in [2.75, 3.05) is 0 Å². The molecule has 1 aromatic carbocycles. The first-order valence-corrected chi connectivity index (χ1v) is 7.89. The van der Waals surface area contributed by atoms with Gasteiger partial charge in [0.1, 0.15) is 0 Å². The lowest BCUT2D eigenvalue weighted by Crippen LogP contribution is -2.16. The topological polar surface area (TPSA) is 26.0 Å². The summed E-state index contributed by atoms with van der Waals surface area (Å²) in [5.74, 6) is 0.757. The van der Waals surface area contributed by atoms with E-state index in [1.165, 1.54) is 36.8 Å². The van der Waals surface area contributed by atoms with Crippen LogP contribution in [-0.4, -0.2) is 0 Å². The molecule has 2 heteroatoms. The van der Waals surface area contributed by atoms with Gasteiger partial charge in [-0.05, 0) is 30.9 Å². The second-order valence-corrected chi connectivity index (χ2v) is 6.14. The van der Waals surface area contributed by atoms with Crippen molar-refractivity contribution in [2.24, 2.45) is 11.7 Å². The van der Waals surface area contributed by atoms with Gasteiger partial charge in [-0.15, -0.1) is 0 Å². The molecule has 0 amide bonds. The Balaban J connectivity index is 2.67. The normalized spacial score (nSPS) is 14.5. The van der Waals surface area contributed by atoms with Crippen LogP contribution in [0.1, 0.15) is 63.1 Å². The summed E-state index contributed by atoms with van der Waals surface area (Å²) in [7, 11) is 0. The number of rotatable bonds is 7. The largest absolute Gasteiger partial charge is 0.324 e. The number of unbranched alkanes of at least 4 members (excludes halogenated alkanes) is 1. The van der Waals surface area contributed by atoms with E-state index in [0.717, 1.165) is 16.8 Å². The van der Waals surface area contributed by atoms with Crippen molar-refractivity contribution in [1.82, 2.24) is 0 Å². The van der Waals surface area contributed by atoms with E-state index in [4.69, 9.17) is 5.73 Å². The maximum absolute atomic E-state index is 6.38. The molecular weight excluding hydrogens is 286 g/mol. The minimum atomic E-state index is 0.154. The molecule has 0 bridgehead atoms. The van der Waals surface area contributed by atoms with Crippen molar-refractivity contribution in [3.8, 4) is 0 Å². The van der Waals surface area contributed by atoms with Crippen molar-refractivity contribution in [3.05, 3.63) is 33.8 Å². The highest BCUT2D eigenvalue weighted by Crippen LogP contribution is 2.30. The number of hydrogen-bond acceptors (Lipinski definition) is 1. The molecule has 0 saturated carbocycles. The molecule has 1 nitrogen and oxygen atoms in total. The minimum Gasteiger partial charge on any atom is -0.324 e. The average molecular weight is 312 g/mol. The molecule has 0 saturated heterocycles. The van der Waals surface area contributed by atoms with Crippen LogP contribution in [-0.2, 0) is 0 Å². The van der Waals surface area contributed by atoms with E-state index in [1.54, 1.807) is 0 Å². The highest BCUT2D eigenvalue weighted by Gasteiger charge is 2.15. The summed E-state index contributed by atoms with van der Waals surface area (Å²) in [5, 5.41) is 0. The molecule has 0 aromatic heterocycles. The maximum atomic E-state index is 6.38. The van der Waals surface area contributed by atoms with Gasteiger partial charge in [-0.2, -0.15) is 0 Å². The van der Waals surface area contributed by atoms with Gasteiger partial charge in [0.25, 0.3) is 0 Å². The molecule has 0 aliphatic heterocycles. The zero-order valence-corrected chi connectivity index (χ0v) is 13.5. The molecule has 0 heterocycles. The maximum Gasteiger partial charge on any atom is 0.0308 e. The molecule has 2 unspecified atom stereocenters. The number of hydrogen-bond donors (Lipinski definition) is 1. The molecule has 2 N–H and O–H groups in total. The predicted molar refractivity (Wildman–Crippen MR) is 83.7 cm³/mol. The summed E-state index contributed by atoms with van der Waals surface area (Å²) in [4.78, 5) is 0. The van der Waals surface area contributed by atoms with Gasteiger partial charge in [-0.25, -0.2) is 0 Å². The van der Waals surface area contributed by atoms with E-state index in [9.17, 15) is 0 Å². The Kier molecular flexibility index (Phi) is 6.95. The standard InChI is InChI=1S/C16H26BrN/c1-4-6-7-13(5-2)11-16(18)14-10-12(3)8-9-15(14)17/h8-10,13,16H,4-7,11,18H2,1-3H3. The van der Waals surface area contributed by atoms with E-state index < -0.39 is 0 Å². The molecule has 0 spiro atoms. The fraction of sp³-hybridized carbons (Fsp3) is 0.625. The number of aryl methyl sites for hydroxylation is 1. The molecule has 1 aromatic rings. The van der Waals surface area contributed by atoms with E-state index in [2.05, 4.69) is 54.9 Å². The van der Waals surface area contributed by atoms with Crippen LogP contribution in [0.5, 0.6) is 0 Å². The van der Waals surface area contributed by atoms with Crippen LogP contribution in [0.2, 0.25) is 0 Å². The number of halogens is 1. The Labute approximate surface area is 120 Å². The summed E-state index contributed by atoms with van der Waals surface area (Å²) in [6, 6.07) is 6.59. The number of nitrogens with two attached hydrogens (primary N) is 1. The van der Waals surface area contributed by atoms with E-state index in [0.29, 0.717) is 0 Å². The van der Waals surface area contributed by atoms with Gasteiger partial charge >= 0.3 is 0 Å². The summed E-state index contributed by atoms with van der Waals surface area (Å²) < 4.78 is 1.14. The quantitative estimate of drug-likeness (QED) is 0.720. The summed E-state index contributed by atoms with van der Waals surface area (Å²) in [5.41, 5.74) is 8.92. The highest BCUT2D eigenvalue weighted by atomic mass is 79.9. The van der Waals surface area contributed by atoms with Gasteiger partial charge in [0.05, 0.1) is 0 Å². The Morgan fingerprint density at radius 3 is 2.61 bits per heavy atom. The Bertz CT molecular complexity index is 362. The summed E-state index contributed by atoms with van der Waals surface area (Å²) >= 11 is 3.62. The van der Waals surface area contributed by atoms with Crippen molar-refractivity contribution < 1.29 is 0 Å². The van der Waals surface area contributed by atoms with Crippen molar-refractivity contribution in [1.29, 1.82) is 0 Å². The second kappa shape index (κ2) is 7.96. The smallest absolute Gasteiger partial charge is 0.0308 e. The zero-order chi connectivity index (χ0) is 13.5. The van der Waals surface area contributed by atoms with Gasteiger partial charge in [0, 0.05) is 10.5 Å². The van der Waals surface area contributed by atoms with Crippen molar-refractivity contribution in [2.45, 2.75) is 58.9 Å². The molecular formula is C16H26BrN. The average Bonchev–Trinajstić information content (AvgIpc) is 2.37. The van der Waals surface area contributed by atoms with Crippen molar-refractivity contribution >= 4 is 15.9 Å². The first kappa shape index (κ1) is 15.7. The molecule has 0 aliphatic carbocycles. The van der Waals surface area contributed by atoms with Crippen molar-refractivity contribution in [3.63, 3.8) is 0 Å². The first-order valence-electron chi connectivity index (χ1n) is 7.10. The minimum absolute atomic E-state index is 0.154. The van der Waals surface area contributed by atoms with Gasteiger partial charge in [-0.1, -0.05) is 73.2 Å². The lowest BCUT2D eigenvalue weighted by Gasteiger charge is -2.21. The molecule has 0 aliphatic rings. The number of benzene rings is 1. The van der Waals surface area contributed by atoms with Crippen LogP contribution < -0.4 is 5.73 Å². The summed E-state index contributed by atoms with van der Waals surface area (Å²) in [6.07, 6.45) is 6.24. The monoisotopic (exact) mass is 311 g/mol. The summed E-state index contributed by atoms with van der Waals surface area (Å²) in [6.45, 7) is 6.65. The van der Waals surface area contributed by atoms with E-state index in [1.807, 2.05) is 0 Å². The highest BCUT2D eigenvalue weighted by molar-refractivity contribution is 9.10. The Hall–Kier alpha value is -0.340. The molecule has 18 heavy (non-hydrogen) atoms. The Morgan fingerprint density at radius 2 is 2.00 bits per heavy atom. The van der Waals surface area contributed by atoms with Gasteiger partial charge in [0.15, 0.2) is 0 Å².